The van der Waals surface area contributed by atoms with Crippen molar-refractivity contribution >= 4 is 34.1 Å². The van der Waals surface area contributed by atoms with Crippen LogP contribution in [0.4, 0.5) is 5.69 Å². The first-order valence-electron chi connectivity index (χ1n) is 8.41. The summed E-state index contributed by atoms with van der Waals surface area (Å²) < 4.78 is 5.15. The lowest BCUT2D eigenvalue weighted by atomic mass is 10.1. The van der Waals surface area contributed by atoms with Gasteiger partial charge in [-0.1, -0.05) is 42.1 Å². The van der Waals surface area contributed by atoms with E-state index in [9.17, 15) is 10.1 Å². The van der Waals surface area contributed by atoms with Gasteiger partial charge in [0.2, 0.25) is 5.91 Å². The van der Waals surface area contributed by atoms with Crippen LogP contribution >= 0.6 is 11.8 Å². The number of carbonyl (C=O) groups is 1. The van der Waals surface area contributed by atoms with Gasteiger partial charge in [-0.2, -0.15) is 5.26 Å². The summed E-state index contributed by atoms with van der Waals surface area (Å²) in [5.41, 5.74) is 2.78. The first kappa shape index (κ1) is 18.9. The van der Waals surface area contributed by atoms with Crippen molar-refractivity contribution in [1.82, 2.24) is 4.98 Å². The number of hydrogen-bond donors (Lipinski definition) is 1. The Morgan fingerprint density at radius 1 is 1.22 bits per heavy atom. The monoisotopic (exact) mass is 377 g/mol. The second kappa shape index (κ2) is 8.67. The predicted molar refractivity (Wildman–Crippen MR) is 108 cm³/mol. The minimum absolute atomic E-state index is 0.143. The van der Waals surface area contributed by atoms with E-state index in [1.807, 2.05) is 55.5 Å². The van der Waals surface area contributed by atoms with Crippen molar-refractivity contribution < 1.29 is 9.53 Å². The molecule has 1 heterocycles. The Labute approximate surface area is 162 Å². The van der Waals surface area contributed by atoms with Crippen LogP contribution in [0, 0.1) is 18.3 Å². The van der Waals surface area contributed by atoms with Crippen molar-refractivity contribution in [2.45, 2.75) is 18.6 Å². The molecule has 2 aromatic carbocycles. The number of thioether (sulfide) groups is 1. The van der Waals surface area contributed by atoms with Crippen LogP contribution < -0.4 is 5.32 Å². The quantitative estimate of drug-likeness (QED) is 0.649. The molecule has 0 unspecified atom stereocenters. The van der Waals surface area contributed by atoms with Gasteiger partial charge in [0, 0.05) is 18.5 Å². The van der Waals surface area contributed by atoms with E-state index < -0.39 is 0 Å². The number of hydrogen-bond acceptors (Lipinski definition) is 5. The zero-order valence-corrected chi connectivity index (χ0v) is 16.0. The van der Waals surface area contributed by atoms with E-state index >= 15 is 0 Å². The molecule has 6 heteroatoms. The molecular weight excluding hydrogens is 358 g/mol. The van der Waals surface area contributed by atoms with Gasteiger partial charge >= 0.3 is 0 Å². The third-order valence-electron chi connectivity index (χ3n) is 3.98. The molecule has 5 nitrogen and oxygen atoms in total. The number of aryl methyl sites for hydroxylation is 1. The Morgan fingerprint density at radius 2 is 2.00 bits per heavy atom. The van der Waals surface area contributed by atoms with E-state index in [0.29, 0.717) is 17.2 Å². The van der Waals surface area contributed by atoms with Crippen molar-refractivity contribution in [2.75, 3.05) is 18.2 Å². The van der Waals surface area contributed by atoms with E-state index in [0.717, 1.165) is 27.7 Å². The molecule has 3 aromatic rings. The second-order valence-electron chi connectivity index (χ2n) is 6.05. The normalized spacial score (nSPS) is 10.6. The summed E-state index contributed by atoms with van der Waals surface area (Å²) >= 11 is 1.26. The number of nitrogens with zero attached hydrogens (tertiary/aromatic N) is 2. The fourth-order valence-electron chi connectivity index (χ4n) is 2.80. The number of nitriles is 1. The topological polar surface area (TPSA) is 75.0 Å². The van der Waals surface area contributed by atoms with Gasteiger partial charge in [0.1, 0.15) is 11.1 Å². The van der Waals surface area contributed by atoms with Crippen LogP contribution in [0.25, 0.3) is 10.8 Å². The molecule has 1 N–H and O–H groups in total. The Kier molecular flexibility index (Phi) is 6.07. The highest BCUT2D eigenvalue weighted by Gasteiger charge is 2.14. The number of benzene rings is 2. The lowest BCUT2D eigenvalue weighted by Gasteiger charge is -2.10. The van der Waals surface area contributed by atoms with Crippen LogP contribution in [0.3, 0.4) is 0 Å². The number of fused-ring (bicyclic) bond motifs is 1. The summed E-state index contributed by atoms with van der Waals surface area (Å²) in [6, 6.07) is 17.8. The lowest BCUT2D eigenvalue weighted by molar-refractivity contribution is -0.113. The minimum atomic E-state index is -0.143. The Balaban J connectivity index is 1.70. The number of amides is 1. The summed E-state index contributed by atoms with van der Waals surface area (Å²) in [5.74, 6) is 0.0282. The van der Waals surface area contributed by atoms with Crippen molar-refractivity contribution in [3.63, 3.8) is 0 Å². The maximum Gasteiger partial charge on any atom is 0.234 e. The van der Waals surface area contributed by atoms with Gasteiger partial charge in [-0.3, -0.25) is 4.79 Å². The molecular formula is C21H19N3O2S. The Bertz CT molecular complexity index is 1030. The van der Waals surface area contributed by atoms with Gasteiger partial charge in [-0.25, -0.2) is 4.98 Å². The van der Waals surface area contributed by atoms with Gasteiger partial charge in [0.25, 0.3) is 0 Å². The summed E-state index contributed by atoms with van der Waals surface area (Å²) in [6.07, 6.45) is 0. The Morgan fingerprint density at radius 3 is 2.74 bits per heavy atom. The molecule has 0 spiro atoms. The maximum atomic E-state index is 12.3. The number of rotatable bonds is 6. The molecule has 27 heavy (non-hydrogen) atoms. The van der Waals surface area contributed by atoms with Gasteiger partial charge in [-0.05, 0) is 41.5 Å². The largest absolute Gasteiger partial charge is 0.380 e. The van der Waals surface area contributed by atoms with E-state index in [1.54, 1.807) is 7.11 Å². The molecule has 0 aliphatic carbocycles. The molecule has 3 rings (SSSR count). The van der Waals surface area contributed by atoms with Crippen LogP contribution in [-0.4, -0.2) is 23.8 Å². The lowest BCUT2D eigenvalue weighted by Crippen LogP contribution is -2.14. The van der Waals surface area contributed by atoms with E-state index in [2.05, 4.69) is 16.4 Å². The number of nitrogens with one attached hydrogen (secondary N) is 1. The van der Waals surface area contributed by atoms with Crippen LogP contribution in [0.15, 0.2) is 53.6 Å². The zero-order valence-electron chi connectivity index (χ0n) is 15.2. The molecule has 0 saturated heterocycles. The number of ether oxygens (including phenoxy) is 1. The van der Waals surface area contributed by atoms with Crippen molar-refractivity contribution in [3.8, 4) is 6.07 Å². The number of aromatic nitrogens is 1. The fourth-order valence-corrected chi connectivity index (χ4v) is 3.67. The highest BCUT2D eigenvalue weighted by Crippen LogP contribution is 2.25. The summed E-state index contributed by atoms with van der Waals surface area (Å²) in [4.78, 5) is 16.8. The Hall–Kier alpha value is -2.88. The van der Waals surface area contributed by atoms with E-state index in [4.69, 9.17) is 4.74 Å². The third-order valence-corrected chi connectivity index (χ3v) is 4.96. The molecule has 0 fully saturated rings. The second-order valence-corrected chi connectivity index (χ2v) is 7.01. The minimum Gasteiger partial charge on any atom is -0.380 e. The molecule has 0 aliphatic heterocycles. The number of pyridine rings is 1. The first-order valence-corrected chi connectivity index (χ1v) is 9.40. The number of carbonyl (C=O) groups excluding carboxylic acids is 1. The predicted octanol–water partition coefficient (Wildman–Crippen LogP) is 4.29. The van der Waals surface area contributed by atoms with Crippen LogP contribution in [0.1, 0.15) is 16.8 Å². The zero-order chi connectivity index (χ0) is 19.2. The standard InChI is InChI=1S/C21H19N3O2S/c1-14-9-17(12-26-2)19(11-22)21(23-14)27-13-20(25)24-18-8-7-15-5-3-4-6-16(15)10-18/h3-10H,12-13H2,1-2H3,(H,24,25). The smallest absolute Gasteiger partial charge is 0.234 e. The van der Waals surface area contributed by atoms with E-state index in [1.165, 1.54) is 11.8 Å². The maximum absolute atomic E-state index is 12.3. The average Bonchev–Trinajstić information content (AvgIpc) is 2.66. The third kappa shape index (κ3) is 4.64. The summed E-state index contributed by atoms with van der Waals surface area (Å²) in [7, 11) is 1.58. The number of anilines is 1. The molecule has 0 radical (unpaired) electrons. The van der Waals surface area contributed by atoms with Crippen molar-refractivity contribution in [2.24, 2.45) is 0 Å². The highest BCUT2D eigenvalue weighted by molar-refractivity contribution is 8.00. The van der Waals surface area contributed by atoms with Crippen LogP contribution in [0.2, 0.25) is 0 Å². The summed E-state index contributed by atoms with van der Waals surface area (Å²) in [6.45, 7) is 2.20. The van der Waals surface area contributed by atoms with Gasteiger partial charge < -0.3 is 10.1 Å². The molecule has 136 valence electrons. The fraction of sp³-hybridized carbons (Fsp3) is 0.190. The molecule has 0 bridgehead atoms. The molecule has 0 aliphatic rings. The van der Waals surface area contributed by atoms with Crippen molar-refractivity contribution in [3.05, 3.63) is 65.4 Å². The van der Waals surface area contributed by atoms with Crippen LogP contribution in [-0.2, 0) is 16.1 Å². The SMILES string of the molecule is COCc1cc(C)nc(SCC(=O)Nc2ccc3ccccc3c2)c1C#N. The van der Waals surface area contributed by atoms with Crippen molar-refractivity contribution in [1.29, 1.82) is 5.26 Å². The highest BCUT2D eigenvalue weighted by atomic mass is 32.2. The molecule has 1 amide bonds. The molecule has 1 aromatic heterocycles. The van der Waals surface area contributed by atoms with Crippen LogP contribution in [0.5, 0.6) is 0 Å². The summed E-state index contributed by atoms with van der Waals surface area (Å²) in [5, 5.41) is 15.1. The van der Waals surface area contributed by atoms with E-state index in [-0.39, 0.29) is 11.7 Å². The first-order chi connectivity index (χ1) is 13.1. The van der Waals surface area contributed by atoms with Gasteiger partial charge in [0.05, 0.1) is 17.9 Å². The number of methoxy groups -OCH3 is 1. The molecule has 0 atom stereocenters. The molecule has 0 saturated carbocycles. The van der Waals surface area contributed by atoms with Gasteiger partial charge in [0.15, 0.2) is 0 Å². The van der Waals surface area contributed by atoms with Gasteiger partial charge in [-0.15, -0.1) is 0 Å². The average molecular weight is 377 g/mol.